The molecule has 2 heteroatoms. The van der Waals surface area contributed by atoms with Gasteiger partial charge in [0.15, 0.2) is 0 Å². The number of aldehydes is 1. The molecule has 0 aromatic carbocycles. The van der Waals surface area contributed by atoms with Crippen LogP contribution in [0.1, 0.15) is 32.6 Å². The minimum absolute atomic E-state index is 0.209. The number of rotatable bonds is 1. The normalized spacial score (nSPS) is 41.2. The lowest BCUT2D eigenvalue weighted by atomic mass is 9.81. The Bertz CT molecular complexity index is 119. The lowest BCUT2D eigenvalue weighted by molar-refractivity contribution is -0.113. The van der Waals surface area contributed by atoms with Gasteiger partial charge in [-0.15, -0.1) is 0 Å². The maximum absolute atomic E-state index is 10.3. The number of aliphatic hydroxyl groups is 1. The van der Waals surface area contributed by atoms with E-state index in [1.54, 1.807) is 0 Å². The Balaban J connectivity index is 2.38. The molecule has 58 valence electrons. The average Bonchev–Trinajstić information content (AvgIpc) is 1.88. The molecule has 0 aromatic heterocycles. The fourth-order valence-corrected chi connectivity index (χ4v) is 1.40. The summed E-state index contributed by atoms with van der Waals surface area (Å²) in [7, 11) is 0. The van der Waals surface area contributed by atoms with Gasteiger partial charge in [0.05, 0.1) is 5.60 Å². The standard InChI is InChI=1S/C8H14O2/c1-8(10)4-2-7(6-9)3-5-8/h6-7,10H,2-5H2,1H3/t7-,8-. The minimum Gasteiger partial charge on any atom is -0.390 e. The van der Waals surface area contributed by atoms with Gasteiger partial charge in [0.1, 0.15) is 6.29 Å². The molecule has 2 nitrogen and oxygen atoms in total. The van der Waals surface area contributed by atoms with Crippen molar-refractivity contribution in [1.29, 1.82) is 0 Å². The molecule has 0 heterocycles. The number of carbonyl (C=O) groups is 1. The molecule has 1 aliphatic carbocycles. The summed E-state index contributed by atoms with van der Waals surface area (Å²) < 4.78 is 0. The Labute approximate surface area is 61.2 Å². The van der Waals surface area contributed by atoms with E-state index < -0.39 is 5.60 Å². The van der Waals surface area contributed by atoms with Crippen LogP contribution in [0.4, 0.5) is 0 Å². The van der Waals surface area contributed by atoms with Gasteiger partial charge in [0, 0.05) is 5.92 Å². The molecule has 1 fully saturated rings. The van der Waals surface area contributed by atoms with E-state index in [0.29, 0.717) is 0 Å². The van der Waals surface area contributed by atoms with Crippen LogP contribution < -0.4 is 0 Å². The molecule has 0 spiro atoms. The van der Waals surface area contributed by atoms with Crippen molar-refractivity contribution < 1.29 is 9.90 Å². The summed E-state index contributed by atoms with van der Waals surface area (Å²) in [6.45, 7) is 1.84. The Kier molecular flexibility index (Phi) is 2.09. The molecule has 1 saturated carbocycles. The third kappa shape index (κ3) is 1.81. The largest absolute Gasteiger partial charge is 0.390 e. The van der Waals surface area contributed by atoms with Crippen molar-refractivity contribution in [3.05, 3.63) is 0 Å². The maximum atomic E-state index is 10.3. The molecule has 0 radical (unpaired) electrons. The Hall–Kier alpha value is -0.370. The molecule has 0 aromatic rings. The highest BCUT2D eigenvalue weighted by atomic mass is 16.3. The van der Waals surface area contributed by atoms with Crippen LogP contribution in [0.5, 0.6) is 0 Å². The molecular weight excluding hydrogens is 128 g/mol. The van der Waals surface area contributed by atoms with E-state index in [9.17, 15) is 9.90 Å². The zero-order valence-corrected chi connectivity index (χ0v) is 6.34. The summed E-state index contributed by atoms with van der Waals surface area (Å²) in [6.07, 6.45) is 4.27. The molecule has 10 heavy (non-hydrogen) atoms. The summed E-state index contributed by atoms with van der Waals surface area (Å²) in [4.78, 5) is 10.3. The average molecular weight is 142 g/mol. The van der Waals surface area contributed by atoms with Gasteiger partial charge in [-0.1, -0.05) is 0 Å². The monoisotopic (exact) mass is 142 g/mol. The SMILES string of the molecule is C[C@]1(O)CC[C@H](C=O)CC1. The quantitative estimate of drug-likeness (QED) is 0.557. The summed E-state index contributed by atoms with van der Waals surface area (Å²) >= 11 is 0. The first-order chi connectivity index (χ1) is 4.64. The van der Waals surface area contributed by atoms with Crippen LogP contribution in [0.25, 0.3) is 0 Å². The van der Waals surface area contributed by atoms with E-state index in [1.807, 2.05) is 6.92 Å². The fraction of sp³-hybridized carbons (Fsp3) is 0.875. The van der Waals surface area contributed by atoms with Crippen LogP contribution >= 0.6 is 0 Å². The summed E-state index contributed by atoms with van der Waals surface area (Å²) in [5.74, 6) is 0.209. The van der Waals surface area contributed by atoms with Crippen molar-refractivity contribution in [2.24, 2.45) is 5.92 Å². The van der Waals surface area contributed by atoms with E-state index >= 15 is 0 Å². The smallest absolute Gasteiger partial charge is 0.123 e. The van der Waals surface area contributed by atoms with Crippen molar-refractivity contribution >= 4 is 6.29 Å². The van der Waals surface area contributed by atoms with Crippen LogP contribution in [-0.4, -0.2) is 17.0 Å². The number of hydrogen-bond acceptors (Lipinski definition) is 2. The van der Waals surface area contributed by atoms with Gasteiger partial charge >= 0.3 is 0 Å². The van der Waals surface area contributed by atoms with Crippen molar-refractivity contribution in [3.8, 4) is 0 Å². The zero-order valence-electron chi connectivity index (χ0n) is 6.34. The van der Waals surface area contributed by atoms with Gasteiger partial charge in [-0.05, 0) is 32.6 Å². The van der Waals surface area contributed by atoms with Crippen molar-refractivity contribution in [2.45, 2.75) is 38.2 Å². The van der Waals surface area contributed by atoms with Gasteiger partial charge in [-0.3, -0.25) is 0 Å². The van der Waals surface area contributed by atoms with Gasteiger partial charge in [-0.25, -0.2) is 0 Å². The second-order valence-electron chi connectivity index (χ2n) is 3.47. The Morgan fingerprint density at radius 2 is 2.00 bits per heavy atom. The first-order valence-corrected chi connectivity index (χ1v) is 3.82. The van der Waals surface area contributed by atoms with E-state index in [1.165, 1.54) is 0 Å². The van der Waals surface area contributed by atoms with Crippen LogP contribution in [0.3, 0.4) is 0 Å². The second kappa shape index (κ2) is 2.70. The zero-order chi connectivity index (χ0) is 7.61. The van der Waals surface area contributed by atoms with Crippen molar-refractivity contribution in [2.75, 3.05) is 0 Å². The molecule has 0 saturated heterocycles. The van der Waals surface area contributed by atoms with Crippen molar-refractivity contribution in [1.82, 2.24) is 0 Å². The van der Waals surface area contributed by atoms with E-state index in [4.69, 9.17) is 0 Å². The summed E-state index contributed by atoms with van der Waals surface area (Å²) in [5.41, 5.74) is -0.500. The highest BCUT2D eigenvalue weighted by molar-refractivity contribution is 5.53. The predicted octanol–water partition coefficient (Wildman–Crippen LogP) is 1.13. The van der Waals surface area contributed by atoms with E-state index in [-0.39, 0.29) is 5.92 Å². The van der Waals surface area contributed by atoms with Gasteiger partial charge in [0.25, 0.3) is 0 Å². The Morgan fingerprint density at radius 1 is 1.50 bits per heavy atom. The molecule has 0 atom stereocenters. The highest BCUT2D eigenvalue weighted by Gasteiger charge is 2.27. The minimum atomic E-state index is -0.500. The van der Waals surface area contributed by atoms with E-state index in [2.05, 4.69) is 0 Å². The summed E-state index contributed by atoms with van der Waals surface area (Å²) in [5, 5.41) is 9.47. The molecule has 0 bridgehead atoms. The van der Waals surface area contributed by atoms with Crippen molar-refractivity contribution in [3.63, 3.8) is 0 Å². The van der Waals surface area contributed by atoms with Gasteiger partial charge in [0.2, 0.25) is 0 Å². The van der Waals surface area contributed by atoms with Crippen LogP contribution in [0.2, 0.25) is 0 Å². The summed E-state index contributed by atoms with van der Waals surface area (Å²) in [6, 6.07) is 0. The highest BCUT2D eigenvalue weighted by Crippen LogP contribution is 2.30. The van der Waals surface area contributed by atoms with Crippen LogP contribution in [0, 0.1) is 5.92 Å². The van der Waals surface area contributed by atoms with Crippen LogP contribution in [-0.2, 0) is 4.79 Å². The molecule has 0 unspecified atom stereocenters. The topological polar surface area (TPSA) is 37.3 Å². The Morgan fingerprint density at radius 3 is 2.40 bits per heavy atom. The molecule has 0 amide bonds. The van der Waals surface area contributed by atoms with Gasteiger partial charge < -0.3 is 9.90 Å². The number of carbonyl (C=O) groups excluding carboxylic acids is 1. The van der Waals surface area contributed by atoms with E-state index in [0.717, 1.165) is 32.0 Å². The lowest BCUT2D eigenvalue weighted by Crippen LogP contribution is -2.30. The molecule has 0 aliphatic heterocycles. The van der Waals surface area contributed by atoms with Crippen LogP contribution in [0.15, 0.2) is 0 Å². The van der Waals surface area contributed by atoms with Gasteiger partial charge in [-0.2, -0.15) is 0 Å². The molecular formula is C8H14O2. The number of hydrogen-bond donors (Lipinski definition) is 1. The first-order valence-electron chi connectivity index (χ1n) is 3.82. The first kappa shape index (κ1) is 7.73. The third-order valence-corrected chi connectivity index (χ3v) is 2.30. The lowest BCUT2D eigenvalue weighted by Gasteiger charge is -2.30. The molecule has 1 N–H and O–H groups in total. The fourth-order valence-electron chi connectivity index (χ4n) is 1.40. The molecule has 1 rings (SSSR count). The second-order valence-corrected chi connectivity index (χ2v) is 3.47. The third-order valence-electron chi connectivity index (χ3n) is 2.30. The maximum Gasteiger partial charge on any atom is 0.123 e. The predicted molar refractivity (Wildman–Crippen MR) is 38.6 cm³/mol. The molecule has 1 aliphatic rings.